The van der Waals surface area contributed by atoms with Crippen molar-refractivity contribution in [2.45, 2.75) is 33.2 Å². The van der Waals surface area contributed by atoms with Gasteiger partial charge in [0, 0.05) is 19.3 Å². The van der Waals surface area contributed by atoms with Gasteiger partial charge in [0.2, 0.25) is 0 Å². The van der Waals surface area contributed by atoms with Crippen molar-refractivity contribution in [2.75, 3.05) is 33.0 Å². The van der Waals surface area contributed by atoms with Gasteiger partial charge in [-0.3, -0.25) is 0 Å². The monoisotopic (exact) mass is 293 g/mol. The molecule has 2 rings (SSSR count). The van der Waals surface area contributed by atoms with Gasteiger partial charge in [0.1, 0.15) is 13.2 Å². The molecule has 0 saturated heterocycles. The molecule has 4 nitrogen and oxygen atoms in total. The molecule has 0 bridgehead atoms. The molecule has 1 aliphatic heterocycles. The van der Waals surface area contributed by atoms with E-state index >= 15 is 0 Å². The Kier molecular flexibility index (Phi) is 6.33. The highest BCUT2D eigenvalue weighted by molar-refractivity contribution is 5.44. The molecule has 4 heteroatoms. The Morgan fingerprint density at radius 3 is 2.67 bits per heavy atom. The molecule has 1 aliphatic rings. The van der Waals surface area contributed by atoms with Crippen LogP contribution in [0.25, 0.3) is 0 Å². The van der Waals surface area contributed by atoms with E-state index in [1.54, 1.807) is 0 Å². The van der Waals surface area contributed by atoms with E-state index in [1.807, 2.05) is 6.07 Å². The molecule has 1 atom stereocenters. The molecule has 0 aliphatic carbocycles. The summed E-state index contributed by atoms with van der Waals surface area (Å²) in [5.74, 6) is 2.31. The van der Waals surface area contributed by atoms with E-state index in [0.717, 1.165) is 37.7 Å². The van der Waals surface area contributed by atoms with Crippen LogP contribution in [0, 0.1) is 5.92 Å². The molecule has 118 valence electrons. The largest absolute Gasteiger partial charge is 0.486 e. The van der Waals surface area contributed by atoms with Crippen LogP contribution in [0.5, 0.6) is 11.5 Å². The van der Waals surface area contributed by atoms with Gasteiger partial charge >= 0.3 is 0 Å². The van der Waals surface area contributed by atoms with Gasteiger partial charge in [0.05, 0.1) is 0 Å². The molecular formula is C17H27NO3. The summed E-state index contributed by atoms with van der Waals surface area (Å²) in [5.41, 5.74) is 1.22. The molecule has 21 heavy (non-hydrogen) atoms. The van der Waals surface area contributed by atoms with Crippen LogP contribution in [-0.2, 0) is 4.74 Å². The average molecular weight is 293 g/mol. The zero-order valence-electron chi connectivity index (χ0n) is 13.4. The van der Waals surface area contributed by atoms with Gasteiger partial charge in [0.25, 0.3) is 0 Å². The Hall–Kier alpha value is -1.26. The SMILES string of the molecule is CC(C)COCCCNC(C)c1ccc2c(c1)OCCO2. The van der Waals surface area contributed by atoms with E-state index in [4.69, 9.17) is 14.2 Å². The molecule has 0 fully saturated rings. The second kappa shape index (κ2) is 8.25. The molecule has 0 aromatic heterocycles. The first-order chi connectivity index (χ1) is 10.2. The lowest BCUT2D eigenvalue weighted by Crippen LogP contribution is -2.22. The maximum absolute atomic E-state index is 5.62. The third kappa shape index (κ3) is 5.21. The lowest BCUT2D eigenvalue weighted by Gasteiger charge is -2.21. The fraction of sp³-hybridized carbons (Fsp3) is 0.647. The number of benzene rings is 1. The summed E-state index contributed by atoms with van der Waals surface area (Å²) in [7, 11) is 0. The van der Waals surface area contributed by atoms with E-state index in [1.165, 1.54) is 5.56 Å². The Morgan fingerprint density at radius 2 is 1.90 bits per heavy atom. The van der Waals surface area contributed by atoms with Crippen molar-refractivity contribution in [1.82, 2.24) is 5.32 Å². The second-order valence-corrected chi connectivity index (χ2v) is 5.90. The summed E-state index contributed by atoms with van der Waals surface area (Å²) in [6, 6.07) is 6.46. The number of hydrogen-bond acceptors (Lipinski definition) is 4. The predicted octanol–water partition coefficient (Wildman–Crippen LogP) is 3.17. The lowest BCUT2D eigenvalue weighted by atomic mass is 10.1. The van der Waals surface area contributed by atoms with Crippen LogP contribution in [0.15, 0.2) is 18.2 Å². The number of hydrogen-bond donors (Lipinski definition) is 1. The fourth-order valence-electron chi connectivity index (χ4n) is 2.26. The van der Waals surface area contributed by atoms with Gasteiger partial charge in [-0.15, -0.1) is 0 Å². The molecule has 1 heterocycles. The first kappa shape index (κ1) is 16.1. The van der Waals surface area contributed by atoms with Crippen LogP contribution in [0.2, 0.25) is 0 Å². The lowest BCUT2D eigenvalue weighted by molar-refractivity contribution is 0.107. The summed E-state index contributed by atoms with van der Waals surface area (Å²) >= 11 is 0. The molecule has 1 N–H and O–H groups in total. The molecular weight excluding hydrogens is 266 g/mol. The van der Waals surface area contributed by atoms with Crippen molar-refractivity contribution < 1.29 is 14.2 Å². The zero-order valence-corrected chi connectivity index (χ0v) is 13.4. The maximum atomic E-state index is 5.62. The second-order valence-electron chi connectivity index (χ2n) is 5.90. The van der Waals surface area contributed by atoms with Gasteiger partial charge in [-0.25, -0.2) is 0 Å². The number of ether oxygens (including phenoxy) is 3. The van der Waals surface area contributed by atoms with Crippen molar-refractivity contribution >= 4 is 0 Å². The van der Waals surface area contributed by atoms with E-state index in [2.05, 4.69) is 38.2 Å². The van der Waals surface area contributed by atoms with Crippen LogP contribution in [0.3, 0.4) is 0 Å². The number of rotatable bonds is 8. The highest BCUT2D eigenvalue weighted by atomic mass is 16.6. The topological polar surface area (TPSA) is 39.7 Å². The third-order valence-electron chi connectivity index (χ3n) is 3.43. The summed E-state index contributed by atoms with van der Waals surface area (Å²) in [4.78, 5) is 0. The van der Waals surface area contributed by atoms with Crippen LogP contribution in [0.4, 0.5) is 0 Å². The normalized spacial score (nSPS) is 15.2. The highest BCUT2D eigenvalue weighted by Gasteiger charge is 2.14. The highest BCUT2D eigenvalue weighted by Crippen LogP contribution is 2.32. The number of nitrogens with one attached hydrogen (secondary N) is 1. The van der Waals surface area contributed by atoms with Crippen LogP contribution >= 0.6 is 0 Å². The van der Waals surface area contributed by atoms with Crippen molar-refractivity contribution in [2.24, 2.45) is 5.92 Å². The summed E-state index contributed by atoms with van der Waals surface area (Å²) in [5, 5.41) is 3.52. The average Bonchev–Trinajstić information content (AvgIpc) is 2.49. The molecule has 1 aromatic carbocycles. The van der Waals surface area contributed by atoms with Crippen molar-refractivity contribution in [3.63, 3.8) is 0 Å². The first-order valence-electron chi connectivity index (χ1n) is 7.87. The fourth-order valence-corrected chi connectivity index (χ4v) is 2.26. The zero-order chi connectivity index (χ0) is 15.1. The van der Waals surface area contributed by atoms with E-state index in [9.17, 15) is 0 Å². The van der Waals surface area contributed by atoms with Gasteiger partial charge < -0.3 is 19.5 Å². The minimum Gasteiger partial charge on any atom is -0.486 e. The molecule has 0 amide bonds. The minimum atomic E-state index is 0.297. The van der Waals surface area contributed by atoms with Crippen LogP contribution in [-0.4, -0.2) is 33.0 Å². The summed E-state index contributed by atoms with van der Waals surface area (Å²) in [6.07, 6.45) is 1.03. The Labute approximate surface area is 127 Å². The first-order valence-corrected chi connectivity index (χ1v) is 7.87. The molecule has 0 spiro atoms. The Morgan fingerprint density at radius 1 is 1.14 bits per heavy atom. The standard InChI is InChI=1S/C17H27NO3/c1-13(2)12-19-8-4-7-18-14(3)15-5-6-16-17(11-15)21-10-9-20-16/h5-6,11,13-14,18H,4,7-10,12H2,1-3H3. The quantitative estimate of drug-likeness (QED) is 0.747. The van der Waals surface area contributed by atoms with Gasteiger partial charge in [-0.05, 0) is 43.5 Å². The maximum Gasteiger partial charge on any atom is 0.161 e. The molecule has 0 radical (unpaired) electrons. The van der Waals surface area contributed by atoms with Gasteiger partial charge in [-0.1, -0.05) is 19.9 Å². The van der Waals surface area contributed by atoms with E-state index in [0.29, 0.717) is 25.2 Å². The number of fused-ring (bicyclic) bond motifs is 1. The van der Waals surface area contributed by atoms with Crippen LogP contribution < -0.4 is 14.8 Å². The van der Waals surface area contributed by atoms with Gasteiger partial charge in [0.15, 0.2) is 11.5 Å². The minimum absolute atomic E-state index is 0.297. The summed E-state index contributed by atoms with van der Waals surface area (Å²) < 4.78 is 16.7. The Balaban J connectivity index is 1.72. The smallest absolute Gasteiger partial charge is 0.161 e. The molecule has 1 unspecified atom stereocenters. The van der Waals surface area contributed by atoms with Crippen molar-refractivity contribution in [3.05, 3.63) is 23.8 Å². The van der Waals surface area contributed by atoms with E-state index < -0.39 is 0 Å². The van der Waals surface area contributed by atoms with Crippen LogP contribution in [0.1, 0.15) is 38.8 Å². The van der Waals surface area contributed by atoms with Crippen molar-refractivity contribution in [1.29, 1.82) is 0 Å². The summed E-state index contributed by atoms with van der Waals surface area (Å²) in [6.45, 7) is 10.4. The van der Waals surface area contributed by atoms with E-state index in [-0.39, 0.29) is 0 Å². The Bertz CT molecular complexity index is 434. The third-order valence-corrected chi connectivity index (χ3v) is 3.43. The predicted molar refractivity (Wildman–Crippen MR) is 84.1 cm³/mol. The van der Waals surface area contributed by atoms with Gasteiger partial charge in [-0.2, -0.15) is 0 Å². The van der Waals surface area contributed by atoms with Crippen molar-refractivity contribution in [3.8, 4) is 11.5 Å². The molecule has 0 saturated carbocycles. The molecule has 1 aromatic rings.